The number of likely N-dealkylation sites (tertiary alicyclic amines) is 1. The SMILES string of the molecule is C=C[C@@H]1C[C@]1(NC(=O)[C@@H]1C[C@@H](Oc2cc(-c3ccccc3)nc3cc(OC)ccc23)CN1C(=O)N[C@H](C(=O)N(C)C1CCCCC1)C(C)(C)C)C(=O)O. The van der Waals surface area contributed by atoms with Crippen LogP contribution in [0.4, 0.5) is 4.79 Å². The Balaban J connectivity index is 1.31. The zero-order valence-electron chi connectivity index (χ0n) is 31.3. The van der Waals surface area contributed by atoms with Crippen molar-refractivity contribution in [2.45, 2.75) is 95.5 Å². The lowest BCUT2D eigenvalue weighted by Gasteiger charge is -2.39. The van der Waals surface area contributed by atoms with E-state index in [0.29, 0.717) is 22.7 Å². The maximum absolute atomic E-state index is 14.3. The number of likely N-dealkylation sites (N-methyl/N-ethyl adjacent to an activating group) is 1. The monoisotopic (exact) mass is 725 g/mol. The van der Waals surface area contributed by atoms with Crippen molar-refractivity contribution in [2.75, 3.05) is 20.7 Å². The van der Waals surface area contributed by atoms with Crippen molar-refractivity contribution in [3.8, 4) is 22.8 Å². The third-order valence-electron chi connectivity index (χ3n) is 11.0. The smallest absolute Gasteiger partial charge is 0.330 e. The molecule has 12 nitrogen and oxygen atoms in total. The number of carboxylic acids is 1. The van der Waals surface area contributed by atoms with Crippen LogP contribution in [-0.2, 0) is 14.4 Å². The van der Waals surface area contributed by atoms with Crippen molar-refractivity contribution >= 4 is 34.7 Å². The summed E-state index contributed by atoms with van der Waals surface area (Å²) in [5, 5.41) is 16.5. The Kier molecular flexibility index (Phi) is 10.7. The van der Waals surface area contributed by atoms with Gasteiger partial charge in [-0.25, -0.2) is 14.6 Å². The summed E-state index contributed by atoms with van der Waals surface area (Å²) in [6.45, 7) is 9.45. The van der Waals surface area contributed by atoms with E-state index in [9.17, 15) is 24.3 Å². The Morgan fingerprint density at radius 1 is 1.08 bits per heavy atom. The normalized spacial score (nSPS) is 23.5. The van der Waals surface area contributed by atoms with Gasteiger partial charge in [-0.1, -0.05) is 76.4 Å². The van der Waals surface area contributed by atoms with Crippen molar-refractivity contribution in [1.82, 2.24) is 25.4 Å². The number of amides is 4. The van der Waals surface area contributed by atoms with E-state index in [-0.39, 0.29) is 31.3 Å². The maximum Gasteiger partial charge on any atom is 0.330 e. The molecule has 4 amide bonds. The lowest BCUT2D eigenvalue weighted by Crippen LogP contribution is -2.60. The van der Waals surface area contributed by atoms with Gasteiger partial charge < -0.3 is 35.0 Å². The number of rotatable bonds is 11. The highest BCUT2D eigenvalue weighted by Gasteiger charge is 2.61. The zero-order valence-corrected chi connectivity index (χ0v) is 31.3. The molecule has 0 spiro atoms. The predicted octanol–water partition coefficient (Wildman–Crippen LogP) is 5.79. The van der Waals surface area contributed by atoms with Gasteiger partial charge in [-0.2, -0.15) is 0 Å². The average Bonchev–Trinajstić information content (AvgIpc) is 3.72. The van der Waals surface area contributed by atoms with E-state index >= 15 is 0 Å². The third kappa shape index (κ3) is 7.82. The molecule has 12 heteroatoms. The van der Waals surface area contributed by atoms with Crippen LogP contribution in [0.1, 0.15) is 65.7 Å². The second kappa shape index (κ2) is 15.1. The molecule has 0 radical (unpaired) electrons. The number of aliphatic carboxylic acids is 1. The van der Waals surface area contributed by atoms with E-state index in [1.165, 1.54) is 11.0 Å². The van der Waals surface area contributed by atoms with Crippen LogP contribution in [-0.4, -0.2) is 94.2 Å². The first-order valence-electron chi connectivity index (χ1n) is 18.5. The summed E-state index contributed by atoms with van der Waals surface area (Å²) in [6, 6.07) is 14.6. The minimum absolute atomic E-state index is 0.0129. The van der Waals surface area contributed by atoms with E-state index in [2.05, 4.69) is 17.2 Å². The number of ether oxygens (including phenoxy) is 2. The largest absolute Gasteiger partial charge is 0.497 e. The zero-order chi connectivity index (χ0) is 38.1. The van der Waals surface area contributed by atoms with Gasteiger partial charge >= 0.3 is 12.0 Å². The molecule has 3 fully saturated rings. The number of hydrogen-bond acceptors (Lipinski definition) is 7. The first-order valence-corrected chi connectivity index (χ1v) is 18.5. The minimum Gasteiger partial charge on any atom is -0.497 e. The average molecular weight is 726 g/mol. The van der Waals surface area contributed by atoms with Crippen LogP contribution in [0, 0.1) is 11.3 Å². The van der Waals surface area contributed by atoms with Gasteiger partial charge in [-0.15, -0.1) is 6.58 Å². The van der Waals surface area contributed by atoms with Crippen LogP contribution in [0.2, 0.25) is 0 Å². The Morgan fingerprint density at radius 3 is 2.42 bits per heavy atom. The summed E-state index contributed by atoms with van der Waals surface area (Å²) in [5.74, 6) is -1.25. The number of carboxylic acid groups (broad SMARTS) is 1. The minimum atomic E-state index is -1.49. The van der Waals surface area contributed by atoms with Crippen LogP contribution < -0.4 is 20.1 Å². The third-order valence-corrected chi connectivity index (χ3v) is 11.0. The fraction of sp³-hybridized carbons (Fsp3) is 0.488. The van der Waals surface area contributed by atoms with E-state index in [1.807, 2.05) is 75.4 Å². The fourth-order valence-electron chi connectivity index (χ4n) is 7.72. The van der Waals surface area contributed by atoms with Gasteiger partial charge in [0.05, 0.1) is 24.9 Å². The van der Waals surface area contributed by atoms with Gasteiger partial charge in [-0.05, 0) is 36.8 Å². The highest BCUT2D eigenvalue weighted by Crippen LogP contribution is 2.45. The van der Waals surface area contributed by atoms with Crippen LogP contribution >= 0.6 is 0 Å². The molecule has 1 aromatic heterocycles. The molecule has 5 atom stereocenters. The number of carbonyl (C=O) groups is 4. The second-order valence-corrected chi connectivity index (χ2v) is 15.7. The van der Waals surface area contributed by atoms with Crippen LogP contribution in [0.15, 0.2) is 67.3 Å². The van der Waals surface area contributed by atoms with E-state index in [1.54, 1.807) is 19.1 Å². The van der Waals surface area contributed by atoms with Crippen molar-refractivity contribution in [3.63, 3.8) is 0 Å². The van der Waals surface area contributed by atoms with Crippen LogP contribution in [0.3, 0.4) is 0 Å². The highest BCUT2D eigenvalue weighted by atomic mass is 16.5. The lowest BCUT2D eigenvalue weighted by molar-refractivity contribution is -0.144. The molecule has 282 valence electrons. The fourth-order valence-corrected chi connectivity index (χ4v) is 7.72. The molecule has 0 unspecified atom stereocenters. The molecule has 2 aliphatic carbocycles. The molecule has 1 saturated heterocycles. The number of aromatic nitrogens is 1. The highest BCUT2D eigenvalue weighted by molar-refractivity contribution is 5.96. The Bertz CT molecular complexity index is 1870. The van der Waals surface area contributed by atoms with Gasteiger partial charge in [0.1, 0.15) is 35.2 Å². The van der Waals surface area contributed by atoms with E-state index in [4.69, 9.17) is 14.5 Å². The quantitative estimate of drug-likeness (QED) is 0.210. The van der Waals surface area contributed by atoms with Crippen molar-refractivity contribution in [1.29, 1.82) is 0 Å². The Hall–Kier alpha value is -5.13. The van der Waals surface area contributed by atoms with Gasteiger partial charge in [0, 0.05) is 48.5 Å². The molecule has 3 aliphatic rings. The number of urea groups is 1. The molecule has 2 saturated carbocycles. The summed E-state index contributed by atoms with van der Waals surface area (Å²) in [4.78, 5) is 62.7. The summed E-state index contributed by atoms with van der Waals surface area (Å²) < 4.78 is 12.1. The first-order chi connectivity index (χ1) is 25.2. The molecular weight excluding hydrogens is 674 g/mol. The first kappa shape index (κ1) is 37.6. The lowest BCUT2D eigenvalue weighted by atomic mass is 9.85. The Morgan fingerprint density at radius 2 is 1.79 bits per heavy atom. The number of hydrogen-bond donors (Lipinski definition) is 3. The van der Waals surface area contributed by atoms with E-state index in [0.717, 1.165) is 43.1 Å². The van der Waals surface area contributed by atoms with Gasteiger partial charge in [0.25, 0.3) is 0 Å². The number of benzene rings is 2. The number of nitrogens with one attached hydrogen (secondary N) is 2. The molecule has 6 rings (SSSR count). The van der Waals surface area contributed by atoms with Crippen molar-refractivity contribution in [2.24, 2.45) is 11.3 Å². The van der Waals surface area contributed by atoms with E-state index < -0.39 is 53.0 Å². The molecule has 2 heterocycles. The van der Waals surface area contributed by atoms with Crippen molar-refractivity contribution < 1.29 is 33.8 Å². The number of fused-ring (bicyclic) bond motifs is 1. The molecule has 3 aromatic rings. The molecule has 53 heavy (non-hydrogen) atoms. The summed E-state index contributed by atoms with van der Waals surface area (Å²) >= 11 is 0. The standard InChI is InChI=1S/C41H51N5O7/c1-7-26-23-41(26,38(49)50)44-36(47)33-21-29(24-46(33)39(51)43-35(40(2,3)4)37(48)45(5)27-16-12-9-13-17-27)53-34-22-31(25-14-10-8-11-15-25)42-32-20-28(52-6)18-19-30(32)34/h7-8,10-11,14-15,18-20,22,26-27,29,33,35H,1,9,12-13,16-17,21,23-24H2,2-6H3,(H,43,51)(H,44,47)(H,49,50)/t26-,29-,33+,35-,41-/m1/s1. The number of pyridine rings is 1. The number of carbonyl (C=O) groups excluding carboxylic acids is 3. The molecule has 1 aliphatic heterocycles. The second-order valence-electron chi connectivity index (χ2n) is 15.7. The van der Waals surface area contributed by atoms with Crippen LogP contribution in [0.25, 0.3) is 22.2 Å². The number of methoxy groups -OCH3 is 1. The van der Waals surface area contributed by atoms with Gasteiger partial charge in [0.15, 0.2) is 0 Å². The Labute approximate surface area is 310 Å². The topological polar surface area (TPSA) is 150 Å². The van der Waals surface area contributed by atoms with Gasteiger partial charge in [-0.3, -0.25) is 9.59 Å². The number of nitrogens with zero attached hydrogens (tertiary/aromatic N) is 3. The molecule has 0 bridgehead atoms. The molecular formula is C41H51N5O7. The molecule has 3 N–H and O–H groups in total. The maximum atomic E-state index is 14.3. The summed E-state index contributed by atoms with van der Waals surface area (Å²) in [5.41, 5.74) is 0.0560. The summed E-state index contributed by atoms with van der Waals surface area (Å²) in [6.07, 6.45) is 6.25. The van der Waals surface area contributed by atoms with Crippen molar-refractivity contribution in [3.05, 3.63) is 67.3 Å². The molecule has 2 aromatic carbocycles. The predicted molar refractivity (Wildman–Crippen MR) is 201 cm³/mol. The van der Waals surface area contributed by atoms with Gasteiger partial charge in [0.2, 0.25) is 11.8 Å². The summed E-state index contributed by atoms with van der Waals surface area (Å²) in [7, 11) is 3.39. The van der Waals surface area contributed by atoms with Crippen LogP contribution in [0.5, 0.6) is 11.5 Å².